The summed E-state index contributed by atoms with van der Waals surface area (Å²) < 4.78 is 21.7. The van der Waals surface area contributed by atoms with Crippen LogP contribution in [0.1, 0.15) is 36.5 Å². The molecule has 0 amide bonds. The highest BCUT2D eigenvalue weighted by Gasteiger charge is 2.16. The van der Waals surface area contributed by atoms with E-state index in [2.05, 4.69) is 18.4 Å². The quantitative estimate of drug-likeness (QED) is 0.391. The van der Waals surface area contributed by atoms with E-state index in [-0.39, 0.29) is 18.2 Å². The highest BCUT2D eigenvalue weighted by Crippen LogP contribution is 2.41. The molecule has 7 nitrogen and oxygen atoms in total. The minimum Gasteiger partial charge on any atom is -0.495 e. The second-order valence-corrected chi connectivity index (χ2v) is 7.34. The Morgan fingerprint density at radius 2 is 1.64 bits per heavy atom. The predicted octanol–water partition coefficient (Wildman–Crippen LogP) is 4.10. The molecule has 0 saturated heterocycles. The van der Waals surface area contributed by atoms with E-state index in [1.54, 1.807) is 35.4 Å². The van der Waals surface area contributed by atoms with Gasteiger partial charge in [0.2, 0.25) is 5.75 Å². The maximum absolute atomic E-state index is 12.0. The predicted molar refractivity (Wildman–Crippen MR) is 127 cm³/mol. The maximum Gasteiger partial charge on any atom is 0.203 e. The molecule has 0 bridgehead atoms. The third-order valence-corrected chi connectivity index (χ3v) is 5.23. The van der Waals surface area contributed by atoms with Crippen LogP contribution in [-0.2, 0) is 4.79 Å². The van der Waals surface area contributed by atoms with Gasteiger partial charge in [0, 0.05) is 25.3 Å². The van der Waals surface area contributed by atoms with Gasteiger partial charge in [-0.15, -0.1) is 0 Å². The summed E-state index contributed by atoms with van der Waals surface area (Å²) in [5, 5.41) is 8.73. The maximum atomic E-state index is 12.0. The molecule has 2 N–H and O–H groups in total. The second-order valence-electron chi connectivity index (χ2n) is 7.34. The number of nitrogens with one attached hydrogen (secondary N) is 1. The van der Waals surface area contributed by atoms with Crippen molar-refractivity contribution in [1.82, 2.24) is 5.48 Å². The first-order chi connectivity index (χ1) is 15.9. The minimum absolute atomic E-state index is 0.0438. The average Bonchev–Trinajstić information content (AvgIpc) is 2.84. The van der Waals surface area contributed by atoms with Crippen molar-refractivity contribution in [2.75, 3.05) is 35.0 Å². The number of carbonyl (C=O) groups is 1. The molecule has 7 heteroatoms. The number of benzene rings is 2. The van der Waals surface area contributed by atoms with E-state index in [1.807, 2.05) is 35.8 Å². The monoisotopic (exact) mass is 453 g/mol. The molecular weight excluding hydrogens is 422 g/mol. The molecule has 176 valence electrons. The van der Waals surface area contributed by atoms with Gasteiger partial charge in [-0.2, -0.15) is 0 Å². The van der Waals surface area contributed by atoms with Gasteiger partial charge in [0.15, 0.2) is 11.5 Å². The molecule has 0 spiro atoms. The number of hydrogen-bond acceptors (Lipinski definition) is 7. The van der Waals surface area contributed by atoms with Crippen LogP contribution in [0.3, 0.4) is 0 Å². The lowest BCUT2D eigenvalue weighted by Gasteiger charge is -2.16. The normalized spacial score (nSPS) is 11.1. The van der Waals surface area contributed by atoms with Crippen LogP contribution < -0.4 is 24.4 Å². The smallest absolute Gasteiger partial charge is 0.203 e. The van der Waals surface area contributed by atoms with Crippen LogP contribution >= 0.6 is 0 Å². The lowest BCUT2D eigenvalue weighted by atomic mass is 9.96. The van der Waals surface area contributed by atoms with Crippen molar-refractivity contribution in [3.63, 3.8) is 0 Å². The van der Waals surface area contributed by atoms with Gasteiger partial charge in [0.1, 0.15) is 11.5 Å². The van der Waals surface area contributed by atoms with Crippen LogP contribution in [0.25, 0.3) is 5.57 Å². The van der Waals surface area contributed by atoms with Gasteiger partial charge in [0.25, 0.3) is 0 Å². The fourth-order valence-electron chi connectivity index (χ4n) is 3.26. The van der Waals surface area contributed by atoms with Crippen molar-refractivity contribution in [2.45, 2.75) is 19.8 Å². The Bertz CT molecular complexity index is 1030. The number of methoxy groups -OCH3 is 4. The third kappa shape index (κ3) is 6.51. The molecular formula is C26H31NO6. The third-order valence-electron chi connectivity index (χ3n) is 5.23. The Kier molecular flexibility index (Phi) is 9.80. The van der Waals surface area contributed by atoms with E-state index in [4.69, 9.17) is 24.2 Å². The SMILES string of the molecule is C=C(c1ccc(OC)c(C#CCCC(=O)C(C)CNO)c1)c1cc(OC)c(OC)c(OC)c1. The van der Waals surface area contributed by atoms with Crippen molar-refractivity contribution in [3.8, 4) is 34.8 Å². The van der Waals surface area contributed by atoms with Crippen LogP contribution in [0.2, 0.25) is 0 Å². The van der Waals surface area contributed by atoms with Crippen molar-refractivity contribution >= 4 is 11.4 Å². The molecule has 1 atom stereocenters. The molecule has 0 aliphatic carbocycles. The Balaban J connectivity index is 2.29. The summed E-state index contributed by atoms with van der Waals surface area (Å²) in [6, 6.07) is 9.32. The van der Waals surface area contributed by atoms with Gasteiger partial charge in [-0.3, -0.25) is 4.79 Å². The van der Waals surface area contributed by atoms with E-state index in [0.717, 1.165) is 16.7 Å². The number of ether oxygens (including phenoxy) is 4. The van der Waals surface area contributed by atoms with E-state index in [9.17, 15) is 4.79 Å². The van der Waals surface area contributed by atoms with E-state index < -0.39 is 0 Å². The molecule has 1 unspecified atom stereocenters. The molecule has 33 heavy (non-hydrogen) atoms. The summed E-state index contributed by atoms with van der Waals surface area (Å²) in [4.78, 5) is 12.0. The van der Waals surface area contributed by atoms with Crippen LogP contribution in [0.4, 0.5) is 0 Å². The molecule has 0 radical (unpaired) electrons. The first kappa shape index (κ1) is 25.8. The van der Waals surface area contributed by atoms with Gasteiger partial charge < -0.3 is 24.2 Å². The summed E-state index contributed by atoms with van der Waals surface area (Å²) in [5.74, 6) is 8.14. The number of ketones is 1. The van der Waals surface area contributed by atoms with Crippen molar-refractivity contribution in [1.29, 1.82) is 0 Å². The zero-order valence-corrected chi connectivity index (χ0v) is 19.8. The van der Waals surface area contributed by atoms with Crippen LogP contribution in [0, 0.1) is 17.8 Å². The topological polar surface area (TPSA) is 86.3 Å². The van der Waals surface area contributed by atoms with Crippen LogP contribution in [0.15, 0.2) is 36.9 Å². The van der Waals surface area contributed by atoms with Gasteiger partial charge in [-0.05, 0) is 41.0 Å². The summed E-state index contributed by atoms with van der Waals surface area (Å²) in [7, 11) is 6.27. The van der Waals surface area contributed by atoms with Crippen molar-refractivity contribution in [2.24, 2.45) is 5.92 Å². The Hall–Kier alpha value is -3.47. The molecule has 2 rings (SSSR count). The van der Waals surface area contributed by atoms with Gasteiger partial charge >= 0.3 is 0 Å². The first-order valence-electron chi connectivity index (χ1n) is 10.5. The lowest BCUT2D eigenvalue weighted by molar-refractivity contribution is -0.122. The fraction of sp³-hybridized carbons (Fsp3) is 0.346. The van der Waals surface area contributed by atoms with Crippen molar-refractivity contribution < 1.29 is 28.9 Å². The number of hydrogen-bond donors (Lipinski definition) is 2. The molecule has 2 aromatic rings. The molecule has 0 aliphatic heterocycles. The number of carbonyl (C=O) groups excluding carboxylic acids is 1. The average molecular weight is 454 g/mol. The molecule has 0 fully saturated rings. The summed E-state index contributed by atoms with van der Waals surface area (Å²) in [5.41, 5.74) is 5.14. The summed E-state index contributed by atoms with van der Waals surface area (Å²) in [6.07, 6.45) is 0.728. The van der Waals surface area contributed by atoms with Crippen LogP contribution in [-0.4, -0.2) is 46.0 Å². The number of rotatable bonds is 11. The molecule has 0 saturated carbocycles. The Morgan fingerprint density at radius 3 is 2.18 bits per heavy atom. The van der Waals surface area contributed by atoms with Crippen LogP contribution in [0.5, 0.6) is 23.0 Å². The second kappa shape index (κ2) is 12.5. The standard InChI is InChI=1S/C26H31NO6/c1-17(16-27-29)22(28)10-8-7-9-20-13-19(11-12-23(20)30-3)18(2)21-14-24(31-4)26(33-6)25(15-21)32-5/h11-15,17,27,29H,2,8,10,16H2,1,3-6H3. The van der Waals surface area contributed by atoms with Crippen molar-refractivity contribution in [3.05, 3.63) is 53.6 Å². The minimum atomic E-state index is -0.267. The molecule has 0 aromatic heterocycles. The molecule has 0 aliphatic rings. The summed E-state index contributed by atoms with van der Waals surface area (Å²) in [6.45, 7) is 6.23. The van der Waals surface area contributed by atoms with Gasteiger partial charge in [-0.25, -0.2) is 5.48 Å². The molecule has 2 aromatic carbocycles. The Morgan fingerprint density at radius 1 is 1.00 bits per heavy atom. The number of hydroxylamine groups is 1. The largest absolute Gasteiger partial charge is 0.495 e. The lowest BCUT2D eigenvalue weighted by Crippen LogP contribution is -2.23. The van der Waals surface area contributed by atoms with E-state index in [1.165, 1.54) is 0 Å². The first-order valence-corrected chi connectivity index (χ1v) is 10.5. The zero-order valence-electron chi connectivity index (χ0n) is 19.8. The van der Waals surface area contributed by atoms with E-state index in [0.29, 0.717) is 41.4 Å². The molecule has 0 heterocycles. The zero-order chi connectivity index (χ0) is 24.4. The Labute approximate surface area is 195 Å². The van der Waals surface area contributed by atoms with Gasteiger partial charge in [-0.1, -0.05) is 31.4 Å². The summed E-state index contributed by atoms with van der Waals surface area (Å²) >= 11 is 0. The highest BCUT2D eigenvalue weighted by molar-refractivity contribution is 5.82. The highest BCUT2D eigenvalue weighted by atomic mass is 16.5. The fourth-order valence-corrected chi connectivity index (χ4v) is 3.26. The van der Waals surface area contributed by atoms with Gasteiger partial charge in [0.05, 0.1) is 34.0 Å². The van der Waals surface area contributed by atoms with E-state index >= 15 is 0 Å². The number of Topliss-reactive ketones (excluding diaryl/α,β-unsaturated/α-hetero) is 1.